The topological polar surface area (TPSA) is 64.6 Å². The van der Waals surface area contributed by atoms with Gasteiger partial charge in [0.2, 0.25) is 0 Å². The molecule has 0 N–H and O–H groups in total. The molecule has 1 aromatic rings. The highest BCUT2D eigenvalue weighted by molar-refractivity contribution is 5.40. The number of benzene rings is 1. The van der Waals surface area contributed by atoms with Gasteiger partial charge in [-0.3, -0.25) is 0 Å². The maximum atomic E-state index is 5.79. The molecule has 0 atom stereocenters. The molecular weight excluding hydrogens is 376 g/mol. The van der Waals surface area contributed by atoms with Gasteiger partial charge < -0.3 is 33.2 Å². The van der Waals surface area contributed by atoms with Gasteiger partial charge in [-0.2, -0.15) is 0 Å². The van der Waals surface area contributed by atoms with Crippen LogP contribution in [0.25, 0.3) is 0 Å². The van der Waals surface area contributed by atoms with Gasteiger partial charge in [0.1, 0.15) is 12.4 Å². The van der Waals surface area contributed by atoms with Gasteiger partial charge in [0.25, 0.3) is 0 Å². The Kier molecular flexibility index (Phi) is 15.7. The number of aryl methyl sites for hydroxylation is 3. The summed E-state index contributed by atoms with van der Waals surface area (Å²) in [5.74, 6) is 0.924. The van der Waals surface area contributed by atoms with Crippen LogP contribution in [-0.2, 0) is 28.4 Å². The maximum absolute atomic E-state index is 5.79. The molecule has 168 valence electrons. The SMILES string of the molecule is COCCOCCOCCOCCOCCOCCOc1cc(C)c(C)cc1C. The number of ether oxygens (including phenoxy) is 7. The largest absolute Gasteiger partial charge is 0.491 e. The van der Waals surface area contributed by atoms with Crippen LogP contribution in [0.15, 0.2) is 12.1 Å². The molecule has 29 heavy (non-hydrogen) atoms. The summed E-state index contributed by atoms with van der Waals surface area (Å²) in [6, 6.07) is 4.22. The molecule has 0 unspecified atom stereocenters. The first-order valence-corrected chi connectivity index (χ1v) is 10.2. The van der Waals surface area contributed by atoms with E-state index >= 15 is 0 Å². The predicted molar refractivity (Wildman–Crippen MR) is 112 cm³/mol. The van der Waals surface area contributed by atoms with E-state index in [-0.39, 0.29) is 0 Å². The molecule has 0 amide bonds. The summed E-state index contributed by atoms with van der Waals surface area (Å²) in [6.45, 7) is 12.9. The number of rotatable bonds is 19. The zero-order valence-electron chi connectivity index (χ0n) is 18.5. The Morgan fingerprint density at radius 2 is 0.862 bits per heavy atom. The smallest absolute Gasteiger partial charge is 0.122 e. The van der Waals surface area contributed by atoms with E-state index in [9.17, 15) is 0 Å². The van der Waals surface area contributed by atoms with Gasteiger partial charge in [-0.1, -0.05) is 6.07 Å². The van der Waals surface area contributed by atoms with Crippen LogP contribution in [0.5, 0.6) is 5.75 Å². The van der Waals surface area contributed by atoms with E-state index < -0.39 is 0 Å². The monoisotopic (exact) mass is 414 g/mol. The van der Waals surface area contributed by atoms with Crippen molar-refractivity contribution < 1.29 is 33.2 Å². The molecule has 7 heteroatoms. The lowest BCUT2D eigenvalue weighted by Crippen LogP contribution is -2.14. The highest BCUT2D eigenvalue weighted by Gasteiger charge is 2.02. The molecule has 0 saturated heterocycles. The van der Waals surface area contributed by atoms with Gasteiger partial charge in [-0.15, -0.1) is 0 Å². The van der Waals surface area contributed by atoms with Gasteiger partial charge in [-0.25, -0.2) is 0 Å². The third-order valence-corrected chi connectivity index (χ3v) is 4.20. The second-order valence-corrected chi connectivity index (χ2v) is 6.61. The molecule has 1 rings (SSSR count). The minimum Gasteiger partial charge on any atom is -0.491 e. The van der Waals surface area contributed by atoms with Crippen molar-refractivity contribution in [1.82, 2.24) is 0 Å². The molecule has 0 fully saturated rings. The Bertz CT molecular complexity index is 522. The summed E-state index contributed by atoms with van der Waals surface area (Å²) >= 11 is 0. The fourth-order valence-electron chi connectivity index (χ4n) is 2.42. The van der Waals surface area contributed by atoms with Crippen molar-refractivity contribution in [3.05, 3.63) is 28.8 Å². The van der Waals surface area contributed by atoms with E-state index in [1.165, 1.54) is 11.1 Å². The third kappa shape index (κ3) is 13.6. The van der Waals surface area contributed by atoms with E-state index in [0.717, 1.165) is 11.3 Å². The number of methoxy groups -OCH3 is 1. The van der Waals surface area contributed by atoms with Crippen molar-refractivity contribution in [3.63, 3.8) is 0 Å². The van der Waals surface area contributed by atoms with Gasteiger partial charge in [-0.05, 0) is 43.5 Å². The van der Waals surface area contributed by atoms with E-state index in [4.69, 9.17) is 33.2 Å². The van der Waals surface area contributed by atoms with Crippen molar-refractivity contribution in [2.45, 2.75) is 20.8 Å². The van der Waals surface area contributed by atoms with Gasteiger partial charge >= 0.3 is 0 Å². The normalized spacial score (nSPS) is 11.2. The molecule has 7 nitrogen and oxygen atoms in total. The van der Waals surface area contributed by atoms with Crippen LogP contribution in [0.2, 0.25) is 0 Å². The molecule has 0 aliphatic heterocycles. The van der Waals surface area contributed by atoms with Gasteiger partial charge in [0.05, 0.1) is 72.7 Å². The Labute approximate surface area is 175 Å². The van der Waals surface area contributed by atoms with Crippen LogP contribution in [0.4, 0.5) is 0 Å². The standard InChI is InChI=1S/C22H38O7/c1-19-17-21(3)22(18-20(19)2)29-16-15-28-14-13-27-12-11-26-10-9-25-8-7-24-6-5-23-4/h17-18H,5-16H2,1-4H3. The van der Waals surface area contributed by atoms with E-state index in [2.05, 4.69) is 32.9 Å². The first kappa shape index (κ1) is 25.8. The van der Waals surface area contributed by atoms with Crippen LogP contribution >= 0.6 is 0 Å². The Balaban J connectivity index is 1.81. The van der Waals surface area contributed by atoms with Crippen molar-refractivity contribution >= 4 is 0 Å². The molecule has 0 bridgehead atoms. The fraction of sp³-hybridized carbons (Fsp3) is 0.727. The second-order valence-electron chi connectivity index (χ2n) is 6.61. The van der Waals surface area contributed by atoms with E-state index in [1.807, 2.05) is 0 Å². The van der Waals surface area contributed by atoms with Crippen molar-refractivity contribution in [3.8, 4) is 5.75 Å². The molecule has 1 aromatic carbocycles. The Morgan fingerprint density at radius 3 is 1.31 bits per heavy atom. The zero-order valence-corrected chi connectivity index (χ0v) is 18.5. The maximum Gasteiger partial charge on any atom is 0.122 e. The van der Waals surface area contributed by atoms with Crippen molar-refractivity contribution in [2.75, 3.05) is 86.4 Å². The summed E-state index contributed by atoms with van der Waals surface area (Å²) in [4.78, 5) is 0. The summed E-state index contributed by atoms with van der Waals surface area (Å²) in [5, 5.41) is 0. The lowest BCUT2D eigenvalue weighted by molar-refractivity contribution is -0.0159. The van der Waals surface area contributed by atoms with Crippen LogP contribution in [0.1, 0.15) is 16.7 Å². The van der Waals surface area contributed by atoms with Crippen LogP contribution < -0.4 is 4.74 Å². The number of hydrogen-bond donors (Lipinski definition) is 0. The van der Waals surface area contributed by atoms with Gasteiger partial charge in [0, 0.05) is 7.11 Å². The van der Waals surface area contributed by atoms with Crippen molar-refractivity contribution in [2.24, 2.45) is 0 Å². The summed E-state index contributed by atoms with van der Waals surface area (Å²) < 4.78 is 37.8. The molecular formula is C22H38O7. The Hall–Kier alpha value is -1.22. The lowest BCUT2D eigenvalue weighted by atomic mass is 10.1. The quantitative estimate of drug-likeness (QED) is 0.323. The first-order valence-electron chi connectivity index (χ1n) is 10.2. The second kappa shape index (κ2) is 17.6. The molecule has 0 aliphatic carbocycles. The van der Waals surface area contributed by atoms with E-state index in [1.54, 1.807) is 7.11 Å². The Morgan fingerprint density at radius 1 is 0.483 bits per heavy atom. The molecule has 0 saturated carbocycles. The average molecular weight is 415 g/mol. The van der Waals surface area contributed by atoms with E-state index in [0.29, 0.717) is 79.3 Å². The fourth-order valence-corrected chi connectivity index (χ4v) is 2.42. The predicted octanol–water partition coefficient (Wildman–Crippen LogP) is 2.72. The van der Waals surface area contributed by atoms with Crippen LogP contribution in [0.3, 0.4) is 0 Å². The average Bonchev–Trinajstić information content (AvgIpc) is 2.70. The van der Waals surface area contributed by atoms with Crippen LogP contribution in [-0.4, -0.2) is 86.4 Å². The molecule has 0 aliphatic rings. The summed E-state index contributed by atoms with van der Waals surface area (Å²) in [7, 11) is 1.65. The summed E-state index contributed by atoms with van der Waals surface area (Å²) in [5.41, 5.74) is 3.67. The molecule has 0 radical (unpaired) electrons. The van der Waals surface area contributed by atoms with Crippen LogP contribution in [0, 0.1) is 20.8 Å². The van der Waals surface area contributed by atoms with Crippen molar-refractivity contribution in [1.29, 1.82) is 0 Å². The third-order valence-electron chi connectivity index (χ3n) is 4.20. The highest BCUT2D eigenvalue weighted by atomic mass is 16.6. The minimum atomic E-state index is 0.532. The number of hydrogen-bond acceptors (Lipinski definition) is 7. The molecule has 0 heterocycles. The minimum absolute atomic E-state index is 0.532. The highest BCUT2D eigenvalue weighted by Crippen LogP contribution is 2.22. The molecule has 0 aromatic heterocycles. The summed E-state index contributed by atoms with van der Waals surface area (Å²) in [6.07, 6.45) is 0. The molecule has 0 spiro atoms. The lowest BCUT2D eigenvalue weighted by Gasteiger charge is -2.12. The van der Waals surface area contributed by atoms with Gasteiger partial charge in [0.15, 0.2) is 0 Å². The zero-order chi connectivity index (χ0) is 21.2. The first-order chi connectivity index (χ1) is 14.1.